The van der Waals surface area contributed by atoms with Crippen molar-refractivity contribution in [1.29, 1.82) is 0 Å². The largest absolute Gasteiger partial charge is 0.550 e. The van der Waals surface area contributed by atoms with Gasteiger partial charge in [0, 0.05) is 16.7 Å². The smallest absolute Gasteiger partial charge is 0.124 e. The summed E-state index contributed by atoms with van der Waals surface area (Å²) in [5.41, 5.74) is 0.807. The molecular formula is C10H9ClFO2S-. The lowest BCUT2D eigenvalue weighted by Gasteiger charge is -2.04. The highest BCUT2D eigenvalue weighted by Crippen LogP contribution is 2.22. The average molecular weight is 248 g/mol. The van der Waals surface area contributed by atoms with Gasteiger partial charge in [0.05, 0.1) is 0 Å². The van der Waals surface area contributed by atoms with E-state index >= 15 is 0 Å². The van der Waals surface area contributed by atoms with Crippen LogP contribution in [-0.2, 0) is 10.5 Å². The lowest BCUT2D eigenvalue weighted by atomic mass is 10.2. The molecule has 0 aliphatic heterocycles. The molecular weight excluding hydrogens is 239 g/mol. The number of halogens is 2. The Kier molecular flexibility index (Phi) is 4.91. The second-order valence-corrected chi connectivity index (χ2v) is 4.42. The zero-order chi connectivity index (χ0) is 11.3. The molecule has 0 saturated carbocycles. The minimum absolute atomic E-state index is 0.0173. The van der Waals surface area contributed by atoms with E-state index in [0.717, 1.165) is 5.56 Å². The number of hydrogen-bond acceptors (Lipinski definition) is 3. The van der Waals surface area contributed by atoms with Crippen molar-refractivity contribution < 1.29 is 14.3 Å². The van der Waals surface area contributed by atoms with Crippen molar-refractivity contribution in [2.45, 2.75) is 12.2 Å². The second kappa shape index (κ2) is 5.98. The van der Waals surface area contributed by atoms with Gasteiger partial charge < -0.3 is 9.90 Å². The Bertz CT molecular complexity index is 357. The molecule has 1 aromatic rings. The molecule has 0 N–H and O–H groups in total. The maximum absolute atomic E-state index is 12.7. The van der Waals surface area contributed by atoms with Crippen LogP contribution in [0.15, 0.2) is 18.2 Å². The number of aliphatic carboxylic acids is 1. The highest BCUT2D eigenvalue weighted by Gasteiger charge is 2.01. The Labute approximate surface area is 96.4 Å². The van der Waals surface area contributed by atoms with E-state index in [9.17, 15) is 14.3 Å². The summed E-state index contributed by atoms with van der Waals surface area (Å²) in [5.74, 6) is -0.390. The highest BCUT2D eigenvalue weighted by atomic mass is 35.5. The molecule has 0 spiro atoms. The first-order chi connectivity index (χ1) is 7.09. The second-order valence-electron chi connectivity index (χ2n) is 2.91. The van der Waals surface area contributed by atoms with Crippen LogP contribution in [0.1, 0.15) is 12.0 Å². The first kappa shape index (κ1) is 12.3. The van der Waals surface area contributed by atoms with Gasteiger partial charge in [-0.1, -0.05) is 17.7 Å². The van der Waals surface area contributed by atoms with Gasteiger partial charge in [-0.2, -0.15) is 11.8 Å². The van der Waals surface area contributed by atoms with Crippen molar-refractivity contribution in [3.63, 3.8) is 0 Å². The SMILES string of the molecule is O=C([O-])CCSCc1ccc(F)cc1Cl. The van der Waals surface area contributed by atoms with E-state index in [1.807, 2.05) is 0 Å². The number of carbonyl (C=O) groups excluding carboxylic acids is 1. The van der Waals surface area contributed by atoms with Crippen LogP contribution >= 0.6 is 23.4 Å². The van der Waals surface area contributed by atoms with Gasteiger partial charge in [-0.15, -0.1) is 0 Å². The van der Waals surface area contributed by atoms with E-state index in [-0.39, 0.29) is 12.2 Å². The third-order valence-electron chi connectivity index (χ3n) is 1.72. The van der Waals surface area contributed by atoms with Gasteiger partial charge >= 0.3 is 0 Å². The maximum Gasteiger partial charge on any atom is 0.124 e. The summed E-state index contributed by atoms with van der Waals surface area (Å²) in [7, 11) is 0. The van der Waals surface area contributed by atoms with Crippen LogP contribution in [0.2, 0.25) is 5.02 Å². The van der Waals surface area contributed by atoms with Crippen LogP contribution in [0, 0.1) is 5.82 Å². The Balaban J connectivity index is 2.40. The molecule has 0 atom stereocenters. The topological polar surface area (TPSA) is 40.1 Å². The molecule has 0 unspecified atom stereocenters. The summed E-state index contributed by atoms with van der Waals surface area (Å²) < 4.78 is 12.7. The lowest BCUT2D eigenvalue weighted by molar-refractivity contribution is -0.305. The monoisotopic (exact) mass is 247 g/mol. The number of rotatable bonds is 5. The standard InChI is InChI=1S/C10H10ClFO2S/c11-9-5-8(12)2-1-7(9)6-15-4-3-10(13)14/h1-2,5H,3-4,6H2,(H,13,14)/p-1. The quantitative estimate of drug-likeness (QED) is 0.746. The third-order valence-corrected chi connectivity index (χ3v) is 3.08. The molecule has 0 aliphatic rings. The van der Waals surface area contributed by atoms with Gasteiger partial charge in [-0.3, -0.25) is 0 Å². The molecule has 1 rings (SSSR count). The fraction of sp³-hybridized carbons (Fsp3) is 0.300. The molecule has 0 fully saturated rings. The van der Waals surface area contributed by atoms with E-state index in [2.05, 4.69) is 0 Å². The molecule has 2 nitrogen and oxygen atoms in total. The Morgan fingerprint density at radius 1 is 1.53 bits per heavy atom. The molecule has 0 amide bonds. The first-order valence-corrected chi connectivity index (χ1v) is 5.84. The molecule has 82 valence electrons. The summed E-state index contributed by atoms with van der Waals surface area (Å²) >= 11 is 7.22. The van der Waals surface area contributed by atoms with Crippen LogP contribution in [0.25, 0.3) is 0 Å². The minimum Gasteiger partial charge on any atom is -0.550 e. The van der Waals surface area contributed by atoms with E-state index in [4.69, 9.17) is 11.6 Å². The van der Waals surface area contributed by atoms with Gasteiger partial charge in [0.15, 0.2) is 0 Å². The molecule has 0 aliphatic carbocycles. The van der Waals surface area contributed by atoms with Crippen LogP contribution < -0.4 is 5.11 Å². The fourth-order valence-corrected chi connectivity index (χ4v) is 2.22. The van der Waals surface area contributed by atoms with Crippen LogP contribution in [0.5, 0.6) is 0 Å². The fourth-order valence-electron chi connectivity index (χ4n) is 0.976. The summed E-state index contributed by atoms with van der Waals surface area (Å²) in [5, 5.41) is 10.5. The first-order valence-electron chi connectivity index (χ1n) is 4.31. The zero-order valence-electron chi connectivity index (χ0n) is 7.83. The van der Waals surface area contributed by atoms with E-state index in [1.165, 1.54) is 23.9 Å². The van der Waals surface area contributed by atoms with Crippen molar-refractivity contribution in [2.24, 2.45) is 0 Å². The van der Waals surface area contributed by atoms with Crippen molar-refractivity contribution in [3.05, 3.63) is 34.6 Å². The molecule has 0 saturated heterocycles. The Hall–Kier alpha value is -0.740. The molecule has 15 heavy (non-hydrogen) atoms. The van der Waals surface area contributed by atoms with Crippen LogP contribution in [-0.4, -0.2) is 11.7 Å². The van der Waals surface area contributed by atoms with Crippen molar-refractivity contribution in [1.82, 2.24) is 0 Å². The van der Waals surface area contributed by atoms with Gasteiger partial charge in [-0.05, 0) is 29.9 Å². The normalized spacial score (nSPS) is 10.3. The number of carboxylic acid groups (broad SMARTS) is 1. The van der Waals surface area contributed by atoms with Gasteiger partial charge in [0.2, 0.25) is 0 Å². The minimum atomic E-state index is -1.06. The summed E-state index contributed by atoms with van der Waals surface area (Å²) in [6.45, 7) is 0. The van der Waals surface area contributed by atoms with Crippen molar-refractivity contribution in [2.75, 3.05) is 5.75 Å². The number of benzene rings is 1. The summed E-state index contributed by atoms with van der Waals surface area (Å²) in [6.07, 6.45) is 0.0173. The van der Waals surface area contributed by atoms with Crippen molar-refractivity contribution in [3.8, 4) is 0 Å². The van der Waals surface area contributed by atoms with Gasteiger partial charge in [-0.25, -0.2) is 4.39 Å². The molecule has 0 aromatic heterocycles. The van der Waals surface area contributed by atoms with E-state index < -0.39 is 5.97 Å². The third kappa shape index (κ3) is 4.53. The Morgan fingerprint density at radius 3 is 2.87 bits per heavy atom. The molecule has 0 bridgehead atoms. The predicted molar refractivity (Wildman–Crippen MR) is 57.2 cm³/mol. The summed E-state index contributed by atoms with van der Waals surface area (Å²) in [4.78, 5) is 10.1. The molecule has 0 radical (unpaired) electrons. The number of hydrogen-bond donors (Lipinski definition) is 0. The van der Waals surface area contributed by atoms with E-state index in [1.54, 1.807) is 6.07 Å². The number of carbonyl (C=O) groups is 1. The highest BCUT2D eigenvalue weighted by molar-refractivity contribution is 7.98. The zero-order valence-corrected chi connectivity index (χ0v) is 9.41. The van der Waals surface area contributed by atoms with Gasteiger partial charge in [0.1, 0.15) is 5.82 Å². The number of carboxylic acids is 1. The summed E-state index contributed by atoms with van der Waals surface area (Å²) in [6, 6.07) is 4.18. The molecule has 0 heterocycles. The van der Waals surface area contributed by atoms with Crippen LogP contribution in [0.4, 0.5) is 4.39 Å². The number of thioether (sulfide) groups is 1. The Morgan fingerprint density at radius 2 is 2.27 bits per heavy atom. The van der Waals surface area contributed by atoms with Crippen molar-refractivity contribution >= 4 is 29.3 Å². The molecule has 1 aromatic carbocycles. The maximum atomic E-state index is 12.7. The van der Waals surface area contributed by atoms with Crippen LogP contribution in [0.3, 0.4) is 0 Å². The predicted octanol–water partition coefficient (Wildman–Crippen LogP) is 1.85. The lowest BCUT2D eigenvalue weighted by Crippen LogP contribution is -2.22. The van der Waals surface area contributed by atoms with Gasteiger partial charge in [0.25, 0.3) is 0 Å². The van der Waals surface area contributed by atoms with E-state index in [0.29, 0.717) is 16.5 Å². The molecule has 5 heteroatoms. The average Bonchev–Trinajstić information content (AvgIpc) is 2.14.